The zero-order valence-corrected chi connectivity index (χ0v) is 10.8. The number of benzene rings is 1. The Kier molecular flexibility index (Phi) is 4.00. The molecule has 102 valence electrons. The monoisotopic (exact) mass is 271 g/mol. The molecular weight excluding hydrogens is 258 g/mol. The highest BCUT2D eigenvalue weighted by atomic mass is 16.5. The minimum Gasteiger partial charge on any atom is -0.496 e. The number of aromatic amines is 1. The third-order valence-corrected chi connectivity index (χ3v) is 2.74. The van der Waals surface area contributed by atoms with E-state index in [-0.39, 0.29) is 5.56 Å². The van der Waals surface area contributed by atoms with Gasteiger partial charge in [0.25, 0.3) is 5.56 Å². The van der Waals surface area contributed by atoms with Gasteiger partial charge >= 0.3 is 5.97 Å². The number of carboxylic acid groups (broad SMARTS) is 1. The number of pyridine rings is 1. The number of hydrogen-bond donors (Lipinski definition) is 2. The van der Waals surface area contributed by atoms with Crippen LogP contribution < -0.4 is 10.3 Å². The summed E-state index contributed by atoms with van der Waals surface area (Å²) >= 11 is 0. The summed E-state index contributed by atoms with van der Waals surface area (Å²) in [4.78, 5) is 24.8. The first kappa shape index (κ1) is 13.6. The Morgan fingerprint density at radius 3 is 2.60 bits per heavy atom. The summed E-state index contributed by atoms with van der Waals surface area (Å²) < 4.78 is 5.21. The van der Waals surface area contributed by atoms with Crippen LogP contribution in [0.3, 0.4) is 0 Å². The van der Waals surface area contributed by atoms with Gasteiger partial charge in [0.05, 0.1) is 7.11 Å². The number of carbonyl (C=O) groups is 1. The lowest BCUT2D eigenvalue weighted by Gasteiger charge is -2.03. The molecule has 2 N–H and O–H groups in total. The van der Waals surface area contributed by atoms with Gasteiger partial charge in [0.15, 0.2) is 0 Å². The number of para-hydroxylation sites is 1. The smallest absolute Gasteiger partial charge is 0.341 e. The largest absolute Gasteiger partial charge is 0.496 e. The number of nitrogens with one attached hydrogen (secondary N) is 1. The van der Waals surface area contributed by atoms with E-state index in [1.807, 2.05) is 24.3 Å². The molecular formula is C15H13NO4. The second kappa shape index (κ2) is 5.88. The molecule has 0 fully saturated rings. The van der Waals surface area contributed by atoms with Crippen molar-refractivity contribution in [2.24, 2.45) is 0 Å². The second-order valence-electron chi connectivity index (χ2n) is 4.04. The topological polar surface area (TPSA) is 79.4 Å². The summed E-state index contributed by atoms with van der Waals surface area (Å²) in [7, 11) is 1.58. The number of methoxy groups -OCH3 is 1. The van der Waals surface area contributed by atoms with Gasteiger partial charge in [-0.25, -0.2) is 4.79 Å². The molecule has 2 rings (SSSR count). The molecule has 2 aromatic rings. The number of H-pyrrole nitrogens is 1. The van der Waals surface area contributed by atoms with E-state index in [1.165, 1.54) is 12.1 Å². The third kappa shape index (κ3) is 2.95. The van der Waals surface area contributed by atoms with Crippen molar-refractivity contribution in [1.82, 2.24) is 4.98 Å². The highest BCUT2D eigenvalue weighted by Gasteiger charge is 2.07. The first-order valence-electron chi connectivity index (χ1n) is 5.89. The van der Waals surface area contributed by atoms with Gasteiger partial charge in [0, 0.05) is 11.3 Å². The fraction of sp³-hybridized carbons (Fsp3) is 0.0667. The number of rotatable bonds is 4. The van der Waals surface area contributed by atoms with Crippen molar-refractivity contribution in [2.45, 2.75) is 0 Å². The van der Waals surface area contributed by atoms with Crippen molar-refractivity contribution in [2.75, 3.05) is 7.11 Å². The maximum atomic E-state index is 11.5. The van der Waals surface area contributed by atoms with Gasteiger partial charge in [0.2, 0.25) is 0 Å². The van der Waals surface area contributed by atoms with Crippen molar-refractivity contribution in [3.05, 3.63) is 63.6 Å². The average molecular weight is 271 g/mol. The van der Waals surface area contributed by atoms with E-state index in [2.05, 4.69) is 4.98 Å². The van der Waals surface area contributed by atoms with E-state index in [1.54, 1.807) is 19.3 Å². The van der Waals surface area contributed by atoms with E-state index < -0.39 is 11.5 Å². The fourth-order valence-electron chi connectivity index (χ4n) is 1.74. The van der Waals surface area contributed by atoms with Crippen LogP contribution in [0.5, 0.6) is 5.75 Å². The van der Waals surface area contributed by atoms with Crippen LogP contribution in [0.4, 0.5) is 0 Å². The van der Waals surface area contributed by atoms with E-state index >= 15 is 0 Å². The summed E-state index contributed by atoms with van der Waals surface area (Å²) in [6.45, 7) is 0. The fourth-order valence-corrected chi connectivity index (χ4v) is 1.74. The summed E-state index contributed by atoms with van der Waals surface area (Å²) in [6, 6.07) is 10.3. The van der Waals surface area contributed by atoms with Crippen LogP contribution in [-0.4, -0.2) is 23.2 Å². The lowest BCUT2D eigenvalue weighted by Crippen LogP contribution is -2.17. The van der Waals surface area contributed by atoms with Gasteiger partial charge < -0.3 is 14.8 Å². The molecule has 0 spiro atoms. The van der Waals surface area contributed by atoms with Crippen LogP contribution in [0.25, 0.3) is 12.2 Å². The quantitative estimate of drug-likeness (QED) is 0.893. The van der Waals surface area contributed by atoms with Crippen LogP contribution >= 0.6 is 0 Å². The molecule has 0 aliphatic rings. The van der Waals surface area contributed by atoms with Crippen LogP contribution in [0.2, 0.25) is 0 Å². The molecule has 0 bridgehead atoms. The first-order chi connectivity index (χ1) is 9.61. The standard InChI is InChI=1S/C15H13NO4/c1-20-13-5-3-2-4-10(13)6-7-11-8-9-12(15(18)19)14(17)16-11/h2-9H,1H3,(H,16,17)(H,18,19)/b7-6+. The Morgan fingerprint density at radius 1 is 1.20 bits per heavy atom. The number of aromatic carboxylic acids is 1. The Bertz CT molecular complexity index is 716. The lowest BCUT2D eigenvalue weighted by molar-refractivity contribution is 0.0695. The van der Waals surface area contributed by atoms with Crippen molar-refractivity contribution < 1.29 is 14.6 Å². The molecule has 20 heavy (non-hydrogen) atoms. The number of hydrogen-bond acceptors (Lipinski definition) is 3. The summed E-state index contributed by atoms with van der Waals surface area (Å²) in [5.74, 6) is -0.528. The molecule has 0 radical (unpaired) electrons. The van der Waals surface area contributed by atoms with Gasteiger partial charge in [-0.05, 0) is 30.4 Å². The summed E-state index contributed by atoms with van der Waals surface area (Å²) in [6.07, 6.45) is 3.47. The molecule has 5 heteroatoms. The Balaban J connectivity index is 2.30. The molecule has 1 heterocycles. The molecule has 0 unspecified atom stereocenters. The van der Waals surface area contributed by atoms with Crippen molar-refractivity contribution in [3.8, 4) is 5.75 Å². The molecule has 0 saturated carbocycles. The molecule has 0 aliphatic heterocycles. The Morgan fingerprint density at radius 2 is 1.95 bits per heavy atom. The highest BCUT2D eigenvalue weighted by molar-refractivity contribution is 5.87. The third-order valence-electron chi connectivity index (χ3n) is 2.74. The minimum absolute atomic E-state index is 0.278. The van der Waals surface area contributed by atoms with Crippen molar-refractivity contribution in [1.29, 1.82) is 0 Å². The predicted molar refractivity (Wildman–Crippen MR) is 75.9 cm³/mol. The Hall–Kier alpha value is -2.82. The van der Waals surface area contributed by atoms with E-state index in [0.717, 1.165) is 5.56 Å². The number of aromatic nitrogens is 1. The maximum Gasteiger partial charge on any atom is 0.341 e. The van der Waals surface area contributed by atoms with Gasteiger partial charge in [-0.3, -0.25) is 4.79 Å². The molecule has 0 atom stereocenters. The van der Waals surface area contributed by atoms with Gasteiger partial charge in [-0.2, -0.15) is 0 Å². The summed E-state index contributed by atoms with van der Waals surface area (Å²) in [5, 5.41) is 8.78. The summed E-state index contributed by atoms with van der Waals surface area (Å²) in [5.41, 5.74) is 0.475. The van der Waals surface area contributed by atoms with Crippen LogP contribution in [0.1, 0.15) is 21.6 Å². The number of ether oxygens (including phenoxy) is 1. The molecule has 0 saturated heterocycles. The highest BCUT2D eigenvalue weighted by Crippen LogP contribution is 2.19. The lowest BCUT2D eigenvalue weighted by atomic mass is 10.1. The average Bonchev–Trinajstić information content (AvgIpc) is 2.45. The molecule has 0 amide bonds. The zero-order chi connectivity index (χ0) is 14.5. The van der Waals surface area contributed by atoms with E-state index in [0.29, 0.717) is 11.4 Å². The minimum atomic E-state index is -1.24. The molecule has 0 aliphatic carbocycles. The van der Waals surface area contributed by atoms with Crippen molar-refractivity contribution >= 4 is 18.1 Å². The molecule has 5 nitrogen and oxygen atoms in total. The van der Waals surface area contributed by atoms with Crippen molar-refractivity contribution in [3.63, 3.8) is 0 Å². The Labute approximate surface area is 115 Å². The van der Waals surface area contributed by atoms with Gasteiger partial charge in [-0.1, -0.05) is 18.2 Å². The predicted octanol–water partition coefficient (Wildman–Crippen LogP) is 2.25. The zero-order valence-electron chi connectivity index (χ0n) is 10.8. The first-order valence-corrected chi connectivity index (χ1v) is 5.89. The normalized spacial score (nSPS) is 10.7. The molecule has 1 aromatic heterocycles. The van der Waals surface area contributed by atoms with Gasteiger partial charge in [-0.15, -0.1) is 0 Å². The van der Waals surface area contributed by atoms with Crippen LogP contribution in [0.15, 0.2) is 41.2 Å². The second-order valence-corrected chi connectivity index (χ2v) is 4.04. The van der Waals surface area contributed by atoms with Crippen LogP contribution in [-0.2, 0) is 0 Å². The van der Waals surface area contributed by atoms with Gasteiger partial charge in [0.1, 0.15) is 11.3 Å². The number of carboxylic acids is 1. The maximum absolute atomic E-state index is 11.5. The van der Waals surface area contributed by atoms with Crippen LogP contribution in [0, 0.1) is 0 Å². The van der Waals surface area contributed by atoms with E-state index in [9.17, 15) is 9.59 Å². The molecule has 1 aromatic carbocycles. The van der Waals surface area contributed by atoms with E-state index in [4.69, 9.17) is 9.84 Å². The SMILES string of the molecule is COc1ccccc1/C=C/c1ccc(C(=O)O)c(=O)[nH]1.